The minimum Gasteiger partial charge on any atom is -0.467 e. The van der Waals surface area contributed by atoms with Crippen molar-refractivity contribution in [3.8, 4) is 0 Å². The molecule has 0 aromatic rings. The summed E-state index contributed by atoms with van der Waals surface area (Å²) in [6.45, 7) is 23.9. The second-order valence-electron chi connectivity index (χ2n) is 21.7. The Morgan fingerprint density at radius 2 is 0.703 bits per heavy atom. The van der Waals surface area contributed by atoms with Crippen LogP contribution < -0.4 is 31.9 Å². The highest BCUT2D eigenvalue weighted by Crippen LogP contribution is 2.40. The fourth-order valence-electron chi connectivity index (χ4n) is 7.72. The molecule has 0 spiro atoms. The molecule has 368 valence electrons. The molecule has 2 fully saturated rings. The first-order valence-electron chi connectivity index (χ1n) is 22.4. The van der Waals surface area contributed by atoms with Crippen LogP contribution in [0.1, 0.15) is 174 Å². The third-order valence-electron chi connectivity index (χ3n) is 11.2. The minimum absolute atomic E-state index is 0.188. The van der Waals surface area contributed by atoms with Crippen molar-refractivity contribution in [2.75, 3.05) is 27.3 Å². The number of carbonyl (C=O) groups excluding carboxylic acids is 8. The third-order valence-corrected chi connectivity index (χ3v) is 11.2. The van der Waals surface area contributed by atoms with Gasteiger partial charge < -0.3 is 50.8 Å². The van der Waals surface area contributed by atoms with Gasteiger partial charge in [0.1, 0.15) is 33.4 Å². The fourth-order valence-corrected chi connectivity index (χ4v) is 7.72. The van der Waals surface area contributed by atoms with Gasteiger partial charge in [0.05, 0.1) is 14.2 Å². The summed E-state index contributed by atoms with van der Waals surface area (Å²) < 4.78 is 20.0. The van der Waals surface area contributed by atoms with Crippen molar-refractivity contribution < 1.29 is 57.3 Å². The first-order valence-corrected chi connectivity index (χ1v) is 22.4. The van der Waals surface area contributed by atoms with Crippen molar-refractivity contribution in [2.24, 2.45) is 10.8 Å². The molecule has 6 amide bonds. The van der Waals surface area contributed by atoms with Crippen LogP contribution in [0.3, 0.4) is 0 Å². The summed E-state index contributed by atoms with van der Waals surface area (Å²) in [5, 5.41) is 16.5. The summed E-state index contributed by atoms with van der Waals surface area (Å²) in [5.74, 6) is -2.28. The van der Waals surface area contributed by atoms with E-state index in [4.69, 9.17) is 18.9 Å². The first kappa shape index (κ1) is 57.4. The van der Waals surface area contributed by atoms with E-state index in [1.807, 2.05) is 0 Å². The lowest BCUT2D eigenvalue weighted by atomic mass is 9.71. The summed E-state index contributed by atoms with van der Waals surface area (Å²) in [7, 11) is 2.56. The van der Waals surface area contributed by atoms with E-state index in [0.717, 1.165) is 64.2 Å². The van der Waals surface area contributed by atoms with Gasteiger partial charge in [-0.15, -0.1) is 0 Å². The number of hydrogen-bond acceptors (Lipinski definition) is 12. The highest BCUT2D eigenvalue weighted by Gasteiger charge is 2.41. The Bertz CT molecular complexity index is 1530. The van der Waals surface area contributed by atoms with E-state index in [-0.39, 0.29) is 36.5 Å². The highest BCUT2D eigenvalue weighted by molar-refractivity contribution is 5.91. The second-order valence-corrected chi connectivity index (χ2v) is 21.7. The molecule has 2 aliphatic rings. The lowest BCUT2D eigenvalue weighted by Gasteiger charge is -2.38. The van der Waals surface area contributed by atoms with Gasteiger partial charge in [-0.05, 0) is 133 Å². The first-order chi connectivity index (χ1) is 29.0. The van der Waals surface area contributed by atoms with Crippen molar-refractivity contribution in [2.45, 2.75) is 207 Å². The number of esters is 2. The van der Waals surface area contributed by atoms with Crippen LogP contribution in [0, 0.1) is 10.8 Å². The number of alkyl carbamates (subject to hydrolysis) is 2. The molecule has 2 rings (SSSR count). The quantitative estimate of drug-likeness (QED) is 0.0816. The Hall–Kier alpha value is -4.64. The number of hydrogen-bond donors (Lipinski definition) is 6. The van der Waals surface area contributed by atoms with Crippen LogP contribution in [0.2, 0.25) is 0 Å². The summed E-state index contributed by atoms with van der Waals surface area (Å²) in [4.78, 5) is 99.2. The van der Waals surface area contributed by atoms with Crippen LogP contribution in [0.5, 0.6) is 0 Å². The fraction of sp³-hybridized carbons (Fsp3) is 0.826. The van der Waals surface area contributed by atoms with Crippen molar-refractivity contribution in [3.63, 3.8) is 0 Å². The standard InChI is InChI=1S/2C23H41N3O6/c2*1-20(2,3)32-19(30)26-21(4,5)17(28)24-15-23(12-10-9-11-13-23)14-16(27)25-22(6,7)18(29)31-8/h2*9-15H2,1-8H3,(H,24,28)(H,25,27)(H,26,30). The Labute approximate surface area is 381 Å². The average Bonchev–Trinajstić information content (AvgIpc) is 3.13. The summed E-state index contributed by atoms with van der Waals surface area (Å²) in [6, 6.07) is 0. The molecule has 0 heterocycles. The number of amides is 6. The van der Waals surface area contributed by atoms with Gasteiger partial charge in [0.15, 0.2) is 0 Å². The minimum atomic E-state index is -1.19. The molecule has 0 aromatic carbocycles. The lowest BCUT2D eigenvalue weighted by molar-refractivity contribution is -0.150. The van der Waals surface area contributed by atoms with Crippen LogP contribution in [0.25, 0.3) is 0 Å². The molecular formula is C46H82N6O12. The van der Waals surface area contributed by atoms with E-state index < -0.39 is 68.3 Å². The number of rotatable bonds is 16. The smallest absolute Gasteiger partial charge is 0.408 e. The predicted molar refractivity (Wildman–Crippen MR) is 242 cm³/mol. The van der Waals surface area contributed by atoms with Crippen molar-refractivity contribution in [1.29, 1.82) is 0 Å². The maximum absolute atomic E-state index is 12.9. The van der Waals surface area contributed by atoms with Crippen LogP contribution in [0.15, 0.2) is 0 Å². The normalized spacial score (nSPS) is 16.5. The average molecular weight is 911 g/mol. The highest BCUT2D eigenvalue weighted by atomic mass is 16.6. The van der Waals surface area contributed by atoms with Crippen LogP contribution in [0.4, 0.5) is 9.59 Å². The SMILES string of the molecule is COC(=O)C(C)(C)NC(=O)CC1(CNC(=O)C(C)(C)NC(=O)OC(C)(C)C)CCCCC1.COC(=O)C(C)(C)NC(=O)CC1(CNC(=O)C(C)(C)NC(=O)OC(C)(C)C)CCCCC1. The van der Waals surface area contributed by atoms with Crippen molar-refractivity contribution in [3.05, 3.63) is 0 Å². The molecule has 18 heteroatoms. The molecule has 0 radical (unpaired) electrons. The predicted octanol–water partition coefficient (Wildman–Crippen LogP) is 5.63. The van der Waals surface area contributed by atoms with E-state index in [2.05, 4.69) is 31.9 Å². The molecule has 0 aliphatic heterocycles. The van der Waals surface area contributed by atoms with E-state index in [1.54, 1.807) is 96.9 Å². The van der Waals surface area contributed by atoms with Crippen LogP contribution in [-0.4, -0.2) is 108 Å². The Morgan fingerprint density at radius 1 is 0.422 bits per heavy atom. The molecule has 2 aliphatic carbocycles. The number of carbonyl (C=O) groups is 8. The molecular weight excluding hydrogens is 829 g/mol. The zero-order chi connectivity index (χ0) is 49.6. The molecule has 2 saturated carbocycles. The number of methoxy groups -OCH3 is 2. The van der Waals surface area contributed by atoms with Gasteiger partial charge in [0.25, 0.3) is 0 Å². The number of ether oxygens (including phenoxy) is 4. The van der Waals surface area contributed by atoms with Crippen molar-refractivity contribution in [1.82, 2.24) is 31.9 Å². The molecule has 64 heavy (non-hydrogen) atoms. The topological polar surface area (TPSA) is 246 Å². The Morgan fingerprint density at radius 3 is 0.953 bits per heavy atom. The van der Waals surface area contributed by atoms with Crippen LogP contribution in [-0.2, 0) is 47.7 Å². The van der Waals surface area contributed by atoms with Gasteiger partial charge >= 0.3 is 24.1 Å². The van der Waals surface area contributed by atoms with Gasteiger partial charge in [-0.25, -0.2) is 19.2 Å². The van der Waals surface area contributed by atoms with Gasteiger partial charge in [-0.2, -0.15) is 0 Å². The van der Waals surface area contributed by atoms with Gasteiger partial charge in [0, 0.05) is 25.9 Å². The Balaban J connectivity index is 0.000000640. The zero-order valence-corrected chi connectivity index (χ0v) is 41.8. The van der Waals surface area contributed by atoms with Gasteiger partial charge in [0.2, 0.25) is 23.6 Å². The summed E-state index contributed by atoms with van der Waals surface area (Å²) >= 11 is 0. The molecule has 6 N–H and O–H groups in total. The molecule has 0 bridgehead atoms. The maximum atomic E-state index is 12.9. The monoisotopic (exact) mass is 911 g/mol. The van der Waals surface area contributed by atoms with Gasteiger partial charge in [-0.1, -0.05) is 38.5 Å². The zero-order valence-electron chi connectivity index (χ0n) is 41.8. The summed E-state index contributed by atoms with van der Waals surface area (Å²) in [6.07, 6.45) is 8.20. The maximum Gasteiger partial charge on any atom is 0.408 e. The number of nitrogens with one attached hydrogen (secondary N) is 6. The van der Waals surface area contributed by atoms with Gasteiger partial charge in [-0.3, -0.25) is 19.2 Å². The molecule has 0 saturated heterocycles. The van der Waals surface area contributed by atoms with E-state index in [1.165, 1.54) is 14.2 Å². The molecule has 0 aromatic heterocycles. The summed E-state index contributed by atoms with van der Waals surface area (Å²) in [5.41, 5.74) is -6.81. The van der Waals surface area contributed by atoms with E-state index >= 15 is 0 Å². The molecule has 0 atom stereocenters. The second kappa shape index (κ2) is 23.0. The molecule has 0 unspecified atom stereocenters. The Kier molecular flexibility index (Phi) is 20.6. The van der Waals surface area contributed by atoms with Crippen LogP contribution >= 0.6 is 0 Å². The third kappa shape index (κ3) is 20.0. The van der Waals surface area contributed by atoms with E-state index in [9.17, 15) is 38.4 Å². The van der Waals surface area contributed by atoms with Crippen molar-refractivity contribution >= 4 is 47.8 Å². The van der Waals surface area contributed by atoms with E-state index in [0.29, 0.717) is 13.1 Å². The molecule has 18 nitrogen and oxygen atoms in total. The largest absolute Gasteiger partial charge is 0.467 e. The lowest BCUT2D eigenvalue weighted by Crippen LogP contribution is -2.57.